The van der Waals surface area contributed by atoms with E-state index in [4.69, 9.17) is 4.98 Å². The molecule has 0 spiro atoms. The van der Waals surface area contributed by atoms with E-state index in [9.17, 15) is 13.2 Å². The lowest BCUT2D eigenvalue weighted by atomic mass is 10.1. The molecule has 0 radical (unpaired) electrons. The number of nitrogens with one attached hydrogen (secondary N) is 1. The maximum Gasteiger partial charge on any atom is 0.251 e. The molecule has 2 aromatic carbocycles. The average molecular weight is 586 g/mol. The zero-order chi connectivity index (χ0) is 29.0. The zero-order valence-electron chi connectivity index (χ0n) is 24.6. The van der Waals surface area contributed by atoms with Crippen LogP contribution in [0.5, 0.6) is 0 Å². The number of sulfonamides is 1. The predicted molar refractivity (Wildman–Crippen MR) is 165 cm³/mol. The molecule has 4 rings (SSSR count). The van der Waals surface area contributed by atoms with Crippen molar-refractivity contribution in [2.24, 2.45) is 11.8 Å². The highest BCUT2D eigenvalue weighted by atomic mass is 32.2. The highest BCUT2D eigenvalue weighted by molar-refractivity contribution is 7.89. The molecule has 10 heteroatoms. The number of fused-ring (bicyclic) bond motifs is 1. The molecule has 0 atom stereocenters. The predicted octanol–water partition coefficient (Wildman–Crippen LogP) is 4.77. The van der Waals surface area contributed by atoms with Gasteiger partial charge in [0.25, 0.3) is 5.91 Å². The summed E-state index contributed by atoms with van der Waals surface area (Å²) in [6.45, 7) is 18.2. The molecule has 0 bridgehead atoms. The van der Waals surface area contributed by atoms with Crippen molar-refractivity contribution in [3.63, 3.8) is 0 Å². The van der Waals surface area contributed by atoms with Crippen molar-refractivity contribution in [2.75, 3.05) is 57.3 Å². The van der Waals surface area contributed by atoms with Crippen LogP contribution < -0.4 is 10.2 Å². The Labute approximate surface area is 243 Å². The first-order valence-corrected chi connectivity index (χ1v) is 16.4. The Bertz CT molecular complexity index is 1400. The number of carbonyl (C=O) groups excluding carboxylic acids is 1. The summed E-state index contributed by atoms with van der Waals surface area (Å²) in [5, 5.41) is 4.07. The second-order valence-corrected chi connectivity index (χ2v) is 14.6. The summed E-state index contributed by atoms with van der Waals surface area (Å²) in [6.07, 6.45) is 0. The third kappa shape index (κ3) is 7.40. The van der Waals surface area contributed by atoms with Crippen LogP contribution >= 0.6 is 11.3 Å². The first-order chi connectivity index (χ1) is 18.9. The number of carbonyl (C=O) groups is 1. The van der Waals surface area contributed by atoms with Crippen LogP contribution in [-0.4, -0.2) is 80.9 Å². The molecule has 1 N–H and O–H groups in total. The van der Waals surface area contributed by atoms with Crippen LogP contribution in [0.1, 0.15) is 49.2 Å². The standard InChI is InChI=1S/C30H43N5O3S2/c1-21(2)19-35(20-22(3)4)40(37,38)26-9-7-25(8-10-26)29(36)31-11-12-33-13-15-34(16-14-33)30-32-27-18-23(5)17-24(6)28(27)39-30/h7-10,17-18,21-22H,11-16,19-20H2,1-6H3,(H,31,36). The average Bonchev–Trinajstić information content (AvgIpc) is 3.32. The van der Waals surface area contributed by atoms with Crippen molar-refractivity contribution in [3.05, 3.63) is 53.1 Å². The molecule has 3 aromatic rings. The van der Waals surface area contributed by atoms with Crippen LogP contribution in [0.2, 0.25) is 0 Å². The summed E-state index contributed by atoms with van der Waals surface area (Å²) in [6, 6.07) is 10.7. The number of thiazole rings is 1. The van der Waals surface area contributed by atoms with Gasteiger partial charge in [0.1, 0.15) is 0 Å². The second kappa shape index (κ2) is 13.0. The maximum atomic E-state index is 13.2. The van der Waals surface area contributed by atoms with E-state index in [-0.39, 0.29) is 22.6 Å². The zero-order valence-corrected chi connectivity index (χ0v) is 26.2. The fourth-order valence-corrected chi connectivity index (χ4v) is 7.94. The van der Waals surface area contributed by atoms with Crippen molar-refractivity contribution >= 4 is 42.6 Å². The van der Waals surface area contributed by atoms with Crippen LogP contribution in [0.25, 0.3) is 10.2 Å². The quantitative estimate of drug-likeness (QED) is 0.349. The molecule has 1 fully saturated rings. The van der Waals surface area contributed by atoms with Crippen molar-refractivity contribution in [3.8, 4) is 0 Å². The molecular weight excluding hydrogens is 542 g/mol. The smallest absolute Gasteiger partial charge is 0.251 e. The molecule has 1 saturated heterocycles. The van der Waals surface area contributed by atoms with Gasteiger partial charge in [-0.05, 0) is 67.1 Å². The Morgan fingerprint density at radius 3 is 2.23 bits per heavy atom. The van der Waals surface area contributed by atoms with E-state index in [0.29, 0.717) is 25.2 Å². The van der Waals surface area contributed by atoms with E-state index in [2.05, 4.69) is 41.1 Å². The number of benzene rings is 2. The van der Waals surface area contributed by atoms with Gasteiger partial charge < -0.3 is 10.2 Å². The molecule has 0 unspecified atom stereocenters. The molecule has 0 aliphatic carbocycles. The first-order valence-electron chi connectivity index (χ1n) is 14.2. The second-order valence-electron chi connectivity index (χ2n) is 11.6. The van der Waals surface area contributed by atoms with E-state index in [1.165, 1.54) is 15.8 Å². The van der Waals surface area contributed by atoms with Gasteiger partial charge >= 0.3 is 0 Å². The van der Waals surface area contributed by atoms with E-state index in [1.54, 1.807) is 39.9 Å². The molecule has 1 aliphatic heterocycles. The van der Waals surface area contributed by atoms with Crippen molar-refractivity contribution in [2.45, 2.75) is 46.4 Å². The molecule has 0 saturated carbocycles. The summed E-state index contributed by atoms with van der Waals surface area (Å²) >= 11 is 1.77. The molecule has 8 nitrogen and oxygen atoms in total. The largest absolute Gasteiger partial charge is 0.351 e. The molecule has 1 amide bonds. The lowest BCUT2D eigenvalue weighted by molar-refractivity contribution is 0.0947. The summed E-state index contributed by atoms with van der Waals surface area (Å²) in [5.74, 6) is 0.259. The number of aromatic nitrogens is 1. The van der Waals surface area contributed by atoms with Gasteiger partial charge in [-0.3, -0.25) is 9.69 Å². The Morgan fingerprint density at radius 2 is 1.62 bits per heavy atom. The van der Waals surface area contributed by atoms with Crippen molar-refractivity contribution < 1.29 is 13.2 Å². The van der Waals surface area contributed by atoms with E-state index in [0.717, 1.165) is 43.4 Å². The molecule has 2 heterocycles. The molecule has 1 aromatic heterocycles. The van der Waals surface area contributed by atoms with E-state index >= 15 is 0 Å². The molecule has 218 valence electrons. The van der Waals surface area contributed by atoms with Gasteiger partial charge in [0.2, 0.25) is 10.0 Å². The summed E-state index contributed by atoms with van der Waals surface area (Å²) < 4.78 is 29.3. The van der Waals surface area contributed by atoms with Gasteiger partial charge in [-0.25, -0.2) is 13.4 Å². The number of rotatable bonds is 11. The number of amides is 1. The fourth-order valence-electron chi connectivity index (χ4n) is 5.11. The third-order valence-corrected chi connectivity index (χ3v) is 10.2. The van der Waals surface area contributed by atoms with Gasteiger partial charge in [0, 0.05) is 57.9 Å². The minimum Gasteiger partial charge on any atom is -0.351 e. The summed E-state index contributed by atoms with van der Waals surface area (Å²) in [7, 11) is -3.61. The van der Waals surface area contributed by atoms with Crippen LogP contribution in [0.4, 0.5) is 5.13 Å². The highest BCUT2D eigenvalue weighted by Crippen LogP contribution is 2.32. The molecule has 40 heavy (non-hydrogen) atoms. The van der Waals surface area contributed by atoms with Gasteiger partial charge in [-0.1, -0.05) is 45.1 Å². The SMILES string of the molecule is Cc1cc(C)c2sc(N3CCN(CCNC(=O)c4ccc(S(=O)(=O)N(CC(C)C)CC(C)C)cc4)CC3)nc2c1. The Hall–Kier alpha value is -2.53. The number of piperazine rings is 1. The van der Waals surface area contributed by atoms with Gasteiger partial charge in [-0.15, -0.1) is 0 Å². The van der Waals surface area contributed by atoms with Crippen molar-refractivity contribution in [1.82, 2.24) is 19.5 Å². The number of aryl methyl sites for hydroxylation is 2. The summed E-state index contributed by atoms with van der Waals surface area (Å²) in [4.78, 5) is 22.6. The van der Waals surface area contributed by atoms with Gasteiger partial charge in [-0.2, -0.15) is 4.31 Å². The lowest BCUT2D eigenvalue weighted by Gasteiger charge is -2.34. The lowest BCUT2D eigenvalue weighted by Crippen LogP contribution is -2.48. The van der Waals surface area contributed by atoms with Crippen LogP contribution in [0.15, 0.2) is 41.3 Å². The number of nitrogens with zero attached hydrogens (tertiary/aromatic N) is 4. The monoisotopic (exact) mass is 585 g/mol. The fraction of sp³-hybridized carbons (Fsp3) is 0.533. The Morgan fingerprint density at radius 1 is 1.00 bits per heavy atom. The third-order valence-electron chi connectivity index (χ3n) is 7.06. The minimum atomic E-state index is -3.61. The number of hydrogen-bond donors (Lipinski definition) is 1. The molecule has 1 aliphatic rings. The summed E-state index contributed by atoms with van der Waals surface area (Å²) in [5.41, 5.74) is 4.06. The number of hydrogen-bond acceptors (Lipinski definition) is 7. The Balaban J connectivity index is 1.26. The van der Waals surface area contributed by atoms with Crippen molar-refractivity contribution in [1.29, 1.82) is 0 Å². The minimum absolute atomic E-state index is 0.191. The Kier molecular flexibility index (Phi) is 9.87. The van der Waals surface area contributed by atoms with Crippen LogP contribution in [0, 0.1) is 25.7 Å². The normalized spacial score (nSPS) is 15.1. The maximum absolute atomic E-state index is 13.2. The van der Waals surface area contributed by atoms with E-state index in [1.807, 2.05) is 27.7 Å². The van der Waals surface area contributed by atoms with Gasteiger partial charge in [0.15, 0.2) is 5.13 Å². The van der Waals surface area contributed by atoms with Crippen LogP contribution in [-0.2, 0) is 10.0 Å². The molecular formula is C30H43N5O3S2. The first kappa shape index (κ1) is 30.4. The number of anilines is 1. The van der Waals surface area contributed by atoms with Crippen LogP contribution in [0.3, 0.4) is 0 Å². The van der Waals surface area contributed by atoms with E-state index < -0.39 is 10.0 Å². The highest BCUT2D eigenvalue weighted by Gasteiger charge is 2.26. The topological polar surface area (TPSA) is 85.8 Å². The van der Waals surface area contributed by atoms with Gasteiger partial charge in [0.05, 0.1) is 15.1 Å².